The van der Waals surface area contributed by atoms with Crippen molar-refractivity contribution in [1.82, 2.24) is 15.5 Å². The number of hydrogen-bond donors (Lipinski definition) is 1. The smallest absolute Gasteiger partial charge is 0.145 e. The van der Waals surface area contributed by atoms with E-state index in [0.29, 0.717) is 12.0 Å². The summed E-state index contributed by atoms with van der Waals surface area (Å²) < 4.78 is 13.9. The minimum absolute atomic E-state index is 0.00605. The lowest BCUT2D eigenvalue weighted by atomic mass is 10.00. The van der Waals surface area contributed by atoms with Crippen molar-refractivity contribution in [2.75, 3.05) is 6.54 Å². The molecule has 1 N–H and O–H groups in total. The first-order valence-electron chi connectivity index (χ1n) is 6.15. The van der Waals surface area contributed by atoms with E-state index in [-0.39, 0.29) is 16.9 Å². The summed E-state index contributed by atoms with van der Waals surface area (Å²) in [6.07, 6.45) is 3.84. The molecular weight excluding hydrogens is 265 g/mol. The molecule has 1 heterocycles. The minimum atomic E-state index is -0.353. The Morgan fingerprint density at radius 3 is 2.84 bits per heavy atom. The highest BCUT2D eigenvalue weighted by Gasteiger charge is 2.15. The van der Waals surface area contributed by atoms with Crippen LogP contribution in [0.5, 0.6) is 0 Å². The SMILES string of the molecule is CCNC(Cc1cccc(Cl)c1F)c1ccnnc1. The molecule has 0 saturated carbocycles. The molecule has 0 spiro atoms. The first-order chi connectivity index (χ1) is 9.22. The molecule has 2 rings (SSSR count). The lowest BCUT2D eigenvalue weighted by Crippen LogP contribution is -2.23. The molecule has 1 aromatic heterocycles. The van der Waals surface area contributed by atoms with E-state index in [1.807, 2.05) is 13.0 Å². The standard InChI is InChI=1S/C14H15ClFN3/c1-2-17-13(11-6-7-18-19-9-11)8-10-4-3-5-12(15)14(10)16/h3-7,9,13,17H,2,8H2,1H3. The van der Waals surface area contributed by atoms with Gasteiger partial charge in [-0.3, -0.25) is 0 Å². The van der Waals surface area contributed by atoms with E-state index in [2.05, 4.69) is 15.5 Å². The molecular formula is C14H15ClFN3. The summed E-state index contributed by atoms with van der Waals surface area (Å²) in [4.78, 5) is 0. The summed E-state index contributed by atoms with van der Waals surface area (Å²) in [7, 11) is 0. The Morgan fingerprint density at radius 1 is 1.32 bits per heavy atom. The predicted octanol–water partition coefficient (Wildman–Crippen LogP) is 3.16. The molecule has 0 radical (unpaired) electrons. The van der Waals surface area contributed by atoms with Gasteiger partial charge in [-0.1, -0.05) is 30.7 Å². The quantitative estimate of drug-likeness (QED) is 0.914. The summed E-state index contributed by atoms with van der Waals surface area (Å²) >= 11 is 5.80. The highest BCUT2D eigenvalue weighted by Crippen LogP contribution is 2.23. The summed E-state index contributed by atoms with van der Waals surface area (Å²) in [6, 6.07) is 6.93. The second-order valence-corrected chi connectivity index (χ2v) is 4.61. The molecule has 0 saturated heterocycles. The summed E-state index contributed by atoms with van der Waals surface area (Å²) in [5.41, 5.74) is 1.58. The van der Waals surface area contributed by atoms with E-state index in [1.165, 1.54) is 0 Å². The third-order valence-electron chi connectivity index (χ3n) is 2.92. The van der Waals surface area contributed by atoms with Crippen molar-refractivity contribution in [3.05, 3.63) is 58.6 Å². The Hall–Kier alpha value is -1.52. The van der Waals surface area contributed by atoms with Crippen molar-refractivity contribution in [3.8, 4) is 0 Å². The van der Waals surface area contributed by atoms with Crippen LogP contribution in [0.1, 0.15) is 24.1 Å². The second-order valence-electron chi connectivity index (χ2n) is 4.20. The predicted molar refractivity (Wildman–Crippen MR) is 73.6 cm³/mol. The van der Waals surface area contributed by atoms with Crippen LogP contribution in [0.15, 0.2) is 36.7 Å². The van der Waals surface area contributed by atoms with Crippen LogP contribution in [0.25, 0.3) is 0 Å². The van der Waals surface area contributed by atoms with Crippen LogP contribution < -0.4 is 5.32 Å². The number of halogens is 2. The largest absolute Gasteiger partial charge is 0.310 e. The van der Waals surface area contributed by atoms with Gasteiger partial charge in [0, 0.05) is 12.2 Å². The van der Waals surface area contributed by atoms with Crippen LogP contribution >= 0.6 is 11.6 Å². The van der Waals surface area contributed by atoms with Gasteiger partial charge in [-0.25, -0.2) is 4.39 Å². The molecule has 0 bridgehead atoms. The second kappa shape index (κ2) is 6.59. The monoisotopic (exact) mass is 279 g/mol. The van der Waals surface area contributed by atoms with E-state index in [0.717, 1.165) is 12.1 Å². The molecule has 1 aromatic carbocycles. The normalized spacial score (nSPS) is 12.4. The molecule has 1 atom stereocenters. The summed E-state index contributed by atoms with van der Waals surface area (Å²) in [5.74, 6) is -0.353. The first kappa shape index (κ1) is 13.9. The molecule has 0 fully saturated rings. The first-order valence-corrected chi connectivity index (χ1v) is 6.53. The zero-order valence-electron chi connectivity index (χ0n) is 10.6. The maximum absolute atomic E-state index is 13.9. The van der Waals surface area contributed by atoms with E-state index in [1.54, 1.807) is 30.6 Å². The van der Waals surface area contributed by atoms with Gasteiger partial charge in [-0.05, 0) is 36.2 Å². The summed E-state index contributed by atoms with van der Waals surface area (Å²) in [5, 5.41) is 11.1. The maximum atomic E-state index is 13.9. The number of nitrogens with zero attached hydrogens (tertiary/aromatic N) is 2. The van der Waals surface area contributed by atoms with Gasteiger partial charge in [0.2, 0.25) is 0 Å². The molecule has 100 valence electrons. The fraction of sp³-hybridized carbons (Fsp3) is 0.286. The van der Waals surface area contributed by atoms with Crippen molar-refractivity contribution in [2.45, 2.75) is 19.4 Å². The van der Waals surface area contributed by atoms with Crippen LogP contribution in [-0.2, 0) is 6.42 Å². The number of rotatable bonds is 5. The van der Waals surface area contributed by atoms with E-state index >= 15 is 0 Å². The number of likely N-dealkylation sites (N-methyl/N-ethyl adjacent to an activating group) is 1. The Labute approximate surface area is 116 Å². The van der Waals surface area contributed by atoms with Crippen LogP contribution in [0, 0.1) is 5.82 Å². The molecule has 0 amide bonds. The molecule has 1 unspecified atom stereocenters. The number of hydrogen-bond acceptors (Lipinski definition) is 3. The highest BCUT2D eigenvalue weighted by molar-refractivity contribution is 6.30. The van der Waals surface area contributed by atoms with Gasteiger partial charge in [-0.2, -0.15) is 10.2 Å². The van der Waals surface area contributed by atoms with Crippen LogP contribution in [0.3, 0.4) is 0 Å². The van der Waals surface area contributed by atoms with E-state index < -0.39 is 0 Å². The van der Waals surface area contributed by atoms with Crippen molar-refractivity contribution in [1.29, 1.82) is 0 Å². The molecule has 2 aromatic rings. The molecule has 5 heteroatoms. The zero-order chi connectivity index (χ0) is 13.7. The Balaban J connectivity index is 2.24. The van der Waals surface area contributed by atoms with Gasteiger partial charge in [0.1, 0.15) is 5.82 Å². The van der Waals surface area contributed by atoms with Crippen molar-refractivity contribution < 1.29 is 4.39 Å². The van der Waals surface area contributed by atoms with Gasteiger partial charge in [0.05, 0.1) is 11.2 Å². The van der Waals surface area contributed by atoms with E-state index in [4.69, 9.17) is 11.6 Å². The molecule has 0 aliphatic carbocycles. The third kappa shape index (κ3) is 3.49. The minimum Gasteiger partial charge on any atom is -0.310 e. The van der Waals surface area contributed by atoms with Gasteiger partial charge in [-0.15, -0.1) is 0 Å². The Kier molecular flexibility index (Phi) is 4.82. The zero-order valence-corrected chi connectivity index (χ0v) is 11.4. The molecule has 19 heavy (non-hydrogen) atoms. The fourth-order valence-electron chi connectivity index (χ4n) is 1.99. The van der Waals surface area contributed by atoms with Gasteiger partial charge >= 0.3 is 0 Å². The average Bonchev–Trinajstić information content (AvgIpc) is 2.44. The van der Waals surface area contributed by atoms with Crippen LogP contribution in [-0.4, -0.2) is 16.7 Å². The third-order valence-corrected chi connectivity index (χ3v) is 3.21. The highest BCUT2D eigenvalue weighted by atomic mass is 35.5. The Bertz CT molecular complexity index is 533. The average molecular weight is 280 g/mol. The van der Waals surface area contributed by atoms with E-state index in [9.17, 15) is 4.39 Å². The van der Waals surface area contributed by atoms with Gasteiger partial charge < -0.3 is 5.32 Å². The molecule has 0 aliphatic heterocycles. The molecule has 3 nitrogen and oxygen atoms in total. The van der Waals surface area contributed by atoms with Gasteiger partial charge in [0.25, 0.3) is 0 Å². The number of nitrogens with one attached hydrogen (secondary N) is 1. The maximum Gasteiger partial charge on any atom is 0.145 e. The Morgan fingerprint density at radius 2 is 2.16 bits per heavy atom. The number of aromatic nitrogens is 2. The molecule has 0 aliphatic rings. The fourth-order valence-corrected chi connectivity index (χ4v) is 2.18. The van der Waals surface area contributed by atoms with Crippen LogP contribution in [0.2, 0.25) is 5.02 Å². The van der Waals surface area contributed by atoms with Gasteiger partial charge in [0.15, 0.2) is 0 Å². The summed E-state index contributed by atoms with van der Waals surface area (Å²) in [6.45, 7) is 2.80. The van der Waals surface area contributed by atoms with Crippen molar-refractivity contribution >= 4 is 11.6 Å². The lowest BCUT2D eigenvalue weighted by Gasteiger charge is -2.18. The van der Waals surface area contributed by atoms with Crippen LogP contribution in [0.4, 0.5) is 4.39 Å². The van der Waals surface area contributed by atoms with Crippen molar-refractivity contribution in [3.63, 3.8) is 0 Å². The topological polar surface area (TPSA) is 37.8 Å². The van der Waals surface area contributed by atoms with Crippen molar-refractivity contribution in [2.24, 2.45) is 0 Å². The number of benzene rings is 1. The lowest BCUT2D eigenvalue weighted by molar-refractivity contribution is 0.526.